The van der Waals surface area contributed by atoms with Crippen molar-refractivity contribution >= 4 is 5.91 Å². The molecule has 168 valence electrons. The molecule has 1 amide bonds. The van der Waals surface area contributed by atoms with Gasteiger partial charge in [-0.1, -0.05) is 32.9 Å². The summed E-state index contributed by atoms with van der Waals surface area (Å²) in [6.07, 6.45) is -5.88. The van der Waals surface area contributed by atoms with E-state index < -0.39 is 47.6 Å². The van der Waals surface area contributed by atoms with E-state index in [9.17, 15) is 25.2 Å². The minimum absolute atomic E-state index is 0.0552. The summed E-state index contributed by atoms with van der Waals surface area (Å²) in [4.78, 5) is 12.6. The molecule has 2 aliphatic rings. The molecule has 0 bridgehead atoms. The third kappa shape index (κ3) is 4.51. The molecule has 2 heterocycles. The molecule has 0 aromatic rings. The fourth-order valence-corrected chi connectivity index (χ4v) is 3.91. The molecule has 9 nitrogen and oxygen atoms in total. The molecule has 2 rings (SSSR count). The number of nitrogens with one attached hydrogen (secondary N) is 1. The molecule has 5 N–H and O–H groups in total. The lowest BCUT2D eigenvalue weighted by Gasteiger charge is -2.48. The molecule has 2 aliphatic heterocycles. The van der Waals surface area contributed by atoms with E-state index in [1.54, 1.807) is 13.8 Å². The highest BCUT2D eigenvalue weighted by molar-refractivity contribution is 5.81. The highest BCUT2D eigenvalue weighted by Crippen LogP contribution is 2.39. The highest BCUT2D eigenvalue weighted by Gasteiger charge is 2.51. The summed E-state index contributed by atoms with van der Waals surface area (Å²) in [6, 6.07) is 0. The van der Waals surface area contributed by atoms with Gasteiger partial charge in [-0.2, -0.15) is 0 Å². The Bertz CT molecular complexity index is 607. The van der Waals surface area contributed by atoms with Crippen LogP contribution >= 0.6 is 0 Å². The van der Waals surface area contributed by atoms with E-state index in [1.807, 2.05) is 13.8 Å². The molecule has 0 aliphatic carbocycles. The first-order valence-electron chi connectivity index (χ1n) is 9.90. The molecule has 8 atom stereocenters. The van der Waals surface area contributed by atoms with Crippen molar-refractivity contribution in [2.45, 2.75) is 76.5 Å². The Kier molecular flexibility index (Phi) is 7.49. The van der Waals surface area contributed by atoms with Crippen LogP contribution < -0.4 is 5.32 Å². The monoisotopic (exact) mass is 417 g/mol. The number of amides is 1. The number of ether oxygens (including phenoxy) is 3. The van der Waals surface area contributed by atoms with Crippen molar-refractivity contribution in [3.8, 4) is 0 Å². The van der Waals surface area contributed by atoms with Crippen molar-refractivity contribution in [1.82, 2.24) is 5.32 Å². The fourth-order valence-electron chi connectivity index (χ4n) is 3.91. The van der Waals surface area contributed by atoms with Crippen LogP contribution in [0.1, 0.15) is 34.1 Å². The van der Waals surface area contributed by atoms with Gasteiger partial charge in [-0.05, 0) is 6.92 Å². The number of aliphatic hydroxyl groups is 4. The molecular weight excluding hydrogens is 382 g/mol. The molecule has 0 aromatic carbocycles. The molecule has 0 radical (unpaired) electrons. The Morgan fingerprint density at radius 2 is 2.00 bits per heavy atom. The quantitative estimate of drug-likeness (QED) is 0.358. The van der Waals surface area contributed by atoms with Crippen molar-refractivity contribution in [2.24, 2.45) is 11.3 Å². The van der Waals surface area contributed by atoms with Crippen molar-refractivity contribution in [3.05, 3.63) is 12.2 Å². The molecular formula is C20H35NO8. The standard InChI is InChI=1S/C20H35NO8/c1-10-7-20(27-6,29-12(3)11(10)2)17(25)18(26)21-8-13-15(23)16(24)19(4,5)14(9-22)28-13/h11-17,22-25H,1,7-9H2,2-6H3,(H,21,26). The number of aliphatic hydroxyl groups excluding tert-OH is 4. The van der Waals surface area contributed by atoms with Gasteiger partial charge in [0.2, 0.25) is 5.79 Å². The summed E-state index contributed by atoms with van der Waals surface area (Å²) in [7, 11) is 1.35. The molecule has 0 saturated carbocycles. The second-order valence-corrected chi connectivity index (χ2v) is 8.71. The lowest BCUT2D eigenvalue weighted by atomic mass is 9.75. The first-order chi connectivity index (χ1) is 13.4. The summed E-state index contributed by atoms with van der Waals surface area (Å²) in [6.45, 7) is 10.6. The second-order valence-electron chi connectivity index (χ2n) is 8.71. The van der Waals surface area contributed by atoms with E-state index in [0.717, 1.165) is 5.57 Å². The largest absolute Gasteiger partial charge is 0.394 e. The van der Waals surface area contributed by atoms with Crippen LogP contribution in [0.25, 0.3) is 0 Å². The lowest BCUT2D eigenvalue weighted by Crippen LogP contribution is -2.63. The Morgan fingerprint density at radius 3 is 2.52 bits per heavy atom. The summed E-state index contributed by atoms with van der Waals surface area (Å²) in [5.74, 6) is -2.27. The maximum absolute atomic E-state index is 12.6. The van der Waals surface area contributed by atoms with Gasteiger partial charge in [0, 0.05) is 31.4 Å². The average Bonchev–Trinajstić information content (AvgIpc) is 2.68. The number of hydrogen-bond acceptors (Lipinski definition) is 8. The Labute approximate surface area is 171 Å². The van der Waals surface area contributed by atoms with E-state index in [0.29, 0.717) is 0 Å². The Morgan fingerprint density at radius 1 is 1.38 bits per heavy atom. The second kappa shape index (κ2) is 8.97. The van der Waals surface area contributed by atoms with Gasteiger partial charge in [0.1, 0.15) is 12.2 Å². The zero-order chi connectivity index (χ0) is 22.1. The summed E-state index contributed by atoms with van der Waals surface area (Å²) in [5, 5.41) is 43.4. The molecule has 0 aromatic heterocycles. The van der Waals surface area contributed by atoms with Crippen LogP contribution in [0.15, 0.2) is 12.2 Å². The van der Waals surface area contributed by atoms with Crippen LogP contribution in [-0.4, -0.2) is 89.0 Å². The van der Waals surface area contributed by atoms with Gasteiger partial charge in [0.05, 0.1) is 24.9 Å². The van der Waals surface area contributed by atoms with Crippen molar-refractivity contribution < 1.29 is 39.4 Å². The van der Waals surface area contributed by atoms with E-state index in [4.69, 9.17) is 14.2 Å². The highest BCUT2D eigenvalue weighted by atomic mass is 16.7. The minimum atomic E-state index is -1.64. The van der Waals surface area contributed by atoms with Gasteiger partial charge in [0.25, 0.3) is 5.91 Å². The van der Waals surface area contributed by atoms with Gasteiger partial charge < -0.3 is 40.0 Å². The molecule has 2 fully saturated rings. The zero-order valence-electron chi connectivity index (χ0n) is 17.8. The topological polar surface area (TPSA) is 138 Å². The normalized spacial score (nSPS) is 41.1. The van der Waals surface area contributed by atoms with Crippen LogP contribution in [-0.2, 0) is 19.0 Å². The van der Waals surface area contributed by atoms with Crippen molar-refractivity contribution in [1.29, 1.82) is 0 Å². The van der Waals surface area contributed by atoms with Crippen molar-refractivity contribution in [2.75, 3.05) is 20.3 Å². The minimum Gasteiger partial charge on any atom is -0.394 e. The summed E-state index contributed by atoms with van der Waals surface area (Å²) >= 11 is 0. The number of methoxy groups -OCH3 is 1. The first kappa shape index (κ1) is 24.2. The zero-order valence-corrected chi connectivity index (χ0v) is 17.8. The molecule has 2 saturated heterocycles. The molecule has 0 spiro atoms. The fraction of sp³-hybridized carbons (Fsp3) is 0.850. The lowest BCUT2D eigenvalue weighted by molar-refractivity contribution is -0.297. The van der Waals surface area contributed by atoms with Gasteiger partial charge in [-0.25, -0.2) is 0 Å². The summed E-state index contributed by atoms with van der Waals surface area (Å²) < 4.78 is 16.9. The Balaban J connectivity index is 2.05. The van der Waals surface area contributed by atoms with Gasteiger partial charge in [0.15, 0.2) is 6.10 Å². The Hall–Kier alpha value is -1.07. The van der Waals surface area contributed by atoms with Crippen LogP contribution in [0.4, 0.5) is 0 Å². The van der Waals surface area contributed by atoms with E-state index in [-0.39, 0.29) is 31.6 Å². The van der Waals surface area contributed by atoms with E-state index >= 15 is 0 Å². The predicted molar refractivity (Wildman–Crippen MR) is 104 cm³/mol. The van der Waals surface area contributed by atoms with Crippen LogP contribution in [0.5, 0.6) is 0 Å². The molecule has 29 heavy (non-hydrogen) atoms. The SMILES string of the molecule is C=C1CC(OC)(C(O)C(=O)NCC2OC(CO)C(C)(C)C(O)C2O)OC(C)C1C. The van der Waals surface area contributed by atoms with Gasteiger partial charge >= 0.3 is 0 Å². The predicted octanol–water partition coefficient (Wildman–Crippen LogP) is -0.685. The summed E-state index contributed by atoms with van der Waals surface area (Å²) in [5.41, 5.74) is -0.0585. The molecule has 9 heteroatoms. The maximum atomic E-state index is 12.6. The number of rotatable bonds is 6. The first-order valence-corrected chi connectivity index (χ1v) is 9.90. The van der Waals surface area contributed by atoms with Crippen LogP contribution in [0.3, 0.4) is 0 Å². The molecule has 8 unspecified atom stereocenters. The third-order valence-electron chi connectivity index (χ3n) is 6.50. The third-order valence-corrected chi connectivity index (χ3v) is 6.50. The van der Waals surface area contributed by atoms with E-state index in [1.165, 1.54) is 7.11 Å². The van der Waals surface area contributed by atoms with Crippen LogP contribution in [0.2, 0.25) is 0 Å². The number of hydrogen-bond donors (Lipinski definition) is 5. The van der Waals surface area contributed by atoms with Crippen molar-refractivity contribution in [3.63, 3.8) is 0 Å². The average molecular weight is 417 g/mol. The number of carbonyl (C=O) groups is 1. The van der Waals surface area contributed by atoms with Gasteiger partial charge in [-0.3, -0.25) is 4.79 Å². The maximum Gasteiger partial charge on any atom is 0.254 e. The number of carbonyl (C=O) groups excluding carboxylic acids is 1. The van der Waals surface area contributed by atoms with Crippen LogP contribution in [0, 0.1) is 11.3 Å². The van der Waals surface area contributed by atoms with E-state index in [2.05, 4.69) is 11.9 Å². The van der Waals surface area contributed by atoms with Gasteiger partial charge in [-0.15, -0.1) is 0 Å². The smallest absolute Gasteiger partial charge is 0.254 e.